The molecule has 4 heteroatoms. The third-order valence-corrected chi connectivity index (χ3v) is 3.58. The van der Waals surface area contributed by atoms with Crippen molar-refractivity contribution >= 4 is 26.2 Å². The molecule has 0 N–H and O–H groups in total. The first kappa shape index (κ1) is 12.3. The summed E-state index contributed by atoms with van der Waals surface area (Å²) in [6.07, 6.45) is 0.406. The number of rotatable bonds is 2. The number of carbonyl (C=O) groups is 1. The van der Waals surface area contributed by atoms with Gasteiger partial charge in [0.05, 0.1) is 0 Å². The maximum atomic E-state index is 11.8. The van der Waals surface area contributed by atoms with Crippen LogP contribution in [0.25, 0.3) is 0 Å². The van der Waals surface area contributed by atoms with Crippen molar-refractivity contribution in [1.29, 1.82) is 0 Å². The fourth-order valence-electron chi connectivity index (χ4n) is 2.05. The van der Waals surface area contributed by atoms with Crippen LogP contribution in [0.2, 0.25) is 0 Å². The second kappa shape index (κ2) is 5.03. The predicted molar refractivity (Wildman–Crippen MR) is 67.6 cm³/mol. The summed E-state index contributed by atoms with van der Waals surface area (Å²) in [6, 6.07) is 10.0. The average Bonchev–Trinajstić information content (AvgIpc) is 2.65. The normalized spacial score (nSPS) is 23.6. The number of amides is 1. The van der Waals surface area contributed by atoms with Gasteiger partial charge >= 0.3 is 109 Å². The van der Waals surface area contributed by atoms with E-state index in [1.807, 2.05) is 44.2 Å². The molecular formula is C13H15NO2Se. The molecule has 3 nitrogen and oxygen atoms in total. The van der Waals surface area contributed by atoms with Crippen molar-refractivity contribution in [2.45, 2.75) is 32.4 Å². The first-order valence-corrected chi connectivity index (χ1v) is 6.58. The molecule has 0 saturated carbocycles. The van der Waals surface area contributed by atoms with Gasteiger partial charge in [0, 0.05) is 0 Å². The van der Waals surface area contributed by atoms with Crippen LogP contribution in [-0.2, 0) is 9.53 Å². The van der Waals surface area contributed by atoms with Crippen LogP contribution in [-0.4, -0.2) is 37.2 Å². The number of ether oxygens (including phenoxy) is 1. The Morgan fingerprint density at radius 3 is 2.65 bits per heavy atom. The van der Waals surface area contributed by atoms with E-state index in [0.29, 0.717) is 11.1 Å². The Kier molecular flexibility index (Phi) is 3.65. The van der Waals surface area contributed by atoms with Gasteiger partial charge < -0.3 is 0 Å². The van der Waals surface area contributed by atoms with E-state index in [1.54, 1.807) is 4.90 Å². The van der Waals surface area contributed by atoms with Crippen molar-refractivity contribution < 1.29 is 9.53 Å². The van der Waals surface area contributed by atoms with Crippen molar-refractivity contribution in [3.05, 3.63) is 35.9 Å². The first-order chi connectivity index (χ1) is 8.15. The summed E-state index contributed by atoms with van der Waals surface area (Å²) in [7, 11) is 0. The standard InChI is InChI=1S/C13H15NO2Se/c1-3-11(15)14-9(2)12(16-13(14)17)10-7-5-4-6-8-10/h4-9,12H,3H2,1-2H3/t9-,12-/m0/s1. The minimum atomic E-state index is -0.0806. The Morgan fingerprint density at radius 2 is 2.06 bits per heavy atom. The SMILES string of the molecule is CCC(=O)N1C(=[Se])O[C@H](c2ccccc2)[C@@H]1C. The summed E-state index contributed by atoms with van der Waals surface area (Å²) in [5.74, 6) is 0.0877. The van der Waals surface area contributed by atoms with E-state index in [9.17, 15) is 4.79 Å². The van der Waals surface area contributed by atoms with Crippen LogP contribution in [0.4, 0.5) is 0 Å². The van der Waals surface area contributed by atoms with Gasteiger partial charge in [0.25, 0.3) is 0 Å². The van der Waals surface area contributed by atoms with Crippen molar-refractivity contribution in [2.75, 3.05) is 0 Å². The third kappa shape index (κ3) is 2.28. The van der Waals surface area contributed by atoms with Gasteiger partial charge in [-0.1, -0.05) is 0 Å². The van der Waals surface area contributed by atoms with E-state index in [1.165, 1.54) is 0 Å². The van der Waals surface area contributed by atoms with E-state index in [4.69, 9.17) is 4.74 Å². The van der Waals surface area contributed by atoms with Crippen molar-refractivity contribution in [1.82, 2.24) is 4.90 Å². The van der Waals surface area contributed by atoms with E-state index in [2.05, 4.69) is 15.6 Å². The Hall–Kier alpha value is -1.12. The van der Waals surface area contributed by atoms with Crippen molar-refractivity contribution in [3.63, 3.8) is 0 Å². The minimum absolute atomic E-state index is 0.0288. The zero-order valence-electron chi connectivity index (χ0n) is 9.92. The molecule has 1 fully saturated rings. The summed E-state index contributed by atoms with van der Waals surface area (Å²) >= 11 is 2.83. The number of nitrogens with zero attached hydrogens (tertiary/aromatic N) is 1. The summed E-state index contributed by atoms with van der Waals surface area (Å²) < 4.78 is 6.34. The van der Waals surface area contributed by atoms with Gasteiger partial charge in [-0.2, -0.15) is 0 Å². The Morgan fingerprint density at radius 1 is 1.41 bits per heavy atom. The molecule has 1 aromatic carbocycles. The molecule has 2 atom stereocenters. The summed E-state index contributed by atoms with van der Waals surface area (Å²) in [5.41, 5.74) is 1.10. The van der Waals surface area contributed by atoms with E-state index in [0.717, 1.165) is 5.56 Å². The number of hydrogen-bond acceptors (Lipinski definition) is 2. The Labute approximate surface area is 109 Å². The van der Waals surface area contributed by atoms with Gasteiger partial charge in [0.2, 0.25) is 0 Å². The van der Waals surface area contributed by atoms with Crippen LogP contribution in [0.15, 0.2) is 30.3 Å². The molecule has 0 spiro atoms. The third-order valence-electron chi connectivity index (χ3n) is 2.97. The van der Waals surface area contributed by atoms with Gasteiger partial charge in [0.15, 0.2) is 0 Å². The molecule has 1 aromatic rings. The van der Waals surface area contributed by atoms with Crippen molar-refractivity contribution in [3.8, 4) is 0 Å². The first-order valence-electron chi connectivity index (χ1n) is 5.72. The summed E-state index contributed by atoms with van der Waals surface area (Å²) in [5, 5.41) is 0. The number of carbonyl (C=O) groups excluding carboxylic acids is 1. The van der Waals surface area contributed by atoms with E-state index < -0.39 is 0 Å². The predicted octanol–water partition coefficient (Wildman–Crippen LogP) is 1.64. The summed E-state index contributed by atoms with van der Waals surface area (Å²) in [6.45, 7) is 3.87. The van der Waals surface area contributed by atoms with Crippen LogP contribution in [0, 0.1) is 0 Å². The number of benzene rings is 1. The van der Waals surface area contributed by atoms with E-state index in [-0.39, 0.29) is 18.1 Å². The van der Waals surface area contributed by atoms with Crippen molar-refractivity contribution in [2.24, 2.45) is 0 Å². The quantitative estimate of drug-likeness (QED) is 0.777. The van der Waals surface area contributed by atoms with Crippen LogP contribution < -0.4 is 0 Å². The molecule has 0 unspecified atom stereocenters. The van der Waals surface area contributed by atoms with Crippen LogP contribution in [0.1, 0.15) is 31.9 Å². The van der Waals surface area contributed by atoms with Gasteiger partial charge in [-0.25, -0.2) is 0 Å². The molecule has 0 aromatic heterocycles. The molecule has 2 rings (SSSR count). The van der Waals surface area contributed by atoms with Gasteiger partial charge in [0.1, 0.15) is 0 Å². The Bertz CT molecular complexity index is 432. The second-order valence-electron chi connectivity index (χ2n) is 4.07. The van der Waals surface area contributed by atoms with Gasteiger partial charge in [-0.3, -0.25) is 0 Å². The molecule has 1 aliphatic heterocycles. The molecule has 0 bridgehead atoms. The second-order valence-corrected chi connectivity index (χ2v) is 4.81. The van der Waals surface area contributed by atoms with Crippen LogP contribution in [0.5, 0.6) is 0 Å². The fourth-order valence-corrected chi connectivity index (χ4v) is 2.83. The van der Waals surface area contributed by atoms with Crippen LogP contribution in [0.3, 0.4) is 0 Å². The molecule has 17 heavy (non-hydrogen) atoms. The molecule has 1 aliphatic rings. The maximum absolute atomic E-state index is 11.8. The summed E-state index contributed by atoms with van der Waals surface area (Å²) in [4.78, 5) is 13.5. The molecule has 1 saturated heterocycles. The van der Waals surface area contributed by atoms with Gasteiger partial charge in [-0.05, 0) is 0 Å². The van der Waals surface area contributed by atoms with Gasteiger partial charge in [-0.15, -0.1) is 0 Å². The molecule has 1 heterocycles. The van der Waals surface area contributed by atoms with Crippen LogP contribution >= 0.6 is 0 Å². The van der Waals surface area contributed by atoms with E-state index >= 15 is 0 Å². The topological polar surface area (TPSA) is 29.5 Å². The Balaban J connectivity index is 2.24. The molecule has 90 valence electrons. The molecule has 1 amide bonds. The molecular weight excluding hydrogens is 281 g/mol. The average molecular weight is 296 g/mol. The monoisotopic (exact) mass is 297 g/mol. The molecule has 0 aliphatic carbocycles. The molecule has 0 radical (unpaired) electrons. The number of hydrogen-bond donors (Lipinski definition) is 0. The fraction of sp³-hybridized carbons (Fsp3) is 0.385. The zero-order chi connectivity index (χ0) is 12.4. The zero-order valence-corrected chi connectivity index (χ0v) is 11.6.